The molecule has 0 radical (unpaired) electrons. The molecule has 5 rings (SSSR count). The number of hydrogen-bond donors (Lipinski definition) is 4. The molecule has 4 N–H and O–H groups in total. The largest absolute Gasteiger partial charge is 0.417 e. The van der Waals surface area contributed by atoms with Crippen LogP contribution < -0.4 is 21.3 Å². The summed E-state index contributed by atoms with van der Waals surface area (Å²) in [5, 5.41) is 10.2. The number of carbonyl (C=O) groups excluding carboxylic acids is 2. The summed E-state index contributed by atoms with van der Waals surface area (Å²) < 4.78 is 53.6. The minimum atomic E-state index is -4.71. The van der Waals surface area contributed by atoms with E-state index in [0.717, 1.165) is 25.0 Å². The van der Waals surface area contributed by atoms with Gasteiger partial charge in [-0.25, -0.2) is 19.2 Å². The molecule has 0 unspecified atom stereocenters. The van der Waals surface area contributed by atoms with E-state index in [1.54, 1.807) is 12.1 Å². The van der Waals surface area contributed by atoms with Crippen LogP contribution in [0.5, 0.6) is 0 Å². The van der Waals surface area contributed by atoms with Crippen molar-refractivity contribution in [2.75, 3.05) is 21.3 Å². The number of anilines is 5. The molecule has 38 heavy (non-hydrogen) atoms. The molecule has 0 spiro atoms. The van der Waals surface area contributed by atoms with Crippen LogP contribution in [0.3, 0.4) is 0 Å². The maximum absolute atomic E-state index is 14.4. The number of fused-ring (bicyclic) bond motifs is 1. The van der Waals surface area contributed by atoms with E-state index in [4.69, 9.17) is 11.6 Å². The van der Waals surface area contributed by atoms with E-state index in [0.29, 0.717) is 33.1 Å². The van der Waals surface area contributed by atoms with Crippen LogP contribution in [0.15, 0.2) is 48.5 Å². The van der Waals surface area contributed by atoms with Gasteiger partial charge in [0.1, 0.15) is 22.0 Å². The Balaban J connectivity index is 1.27. The predicted octanol–water partition coefficient (Wildman–Crippen LogP) is 7.24. The van der Waals surface area contributed by atoms with Crippen molar-refractivity contribution in [1.82, 2.24) is 9.97 Å². The van der Waals surface area contributed by atoms with Gasteiger partial charge in [0.25, 0.3) is 0 Å². The number of halogens is 5. The lowest BCUT2D eigenvalue weighted by molar-refractivity contribution is -0.137. The van der Waals surface area contributed by atoms with Crippen LogP contribution in [0.1, 0.15) is 18.4 Å². The summed E-state index contributed by atoms with van der Waals surface area (Å²) in [7, 11) is 0. The van der Waals surface area contributed by atoms with Gasteiger partial charge in [-0.3, -0.25) is 4.79 Å². The number of nitrogens with one attached hydrogen (secondary N) is 4. The van der Waals surface area contributed by atoms with Crippen LogP contribution in [-0.2, 0) is 11.0 Å². The lowest BCUT2D eigenvalue weighted by Gasteiger charge is -2.13. The molecule has 3 amide bonds. The monoisotopic (exact) mass is 564 g/mol. The lowest BCUT2D eigenvalue weighted by Crippen LogP contribution is -2.20. The number of rotatable bonds is 6. The van der Waals surface area contributed by atoms with Gasteiger partial charge in [-0.1, -0.05) is 22.9 Å². The van der Waals surface area contributed by atoms with Crippen LogP contribution in [0.4, 0.5) is 50.4 Å². The van der Waals surface area contributed by atoms with E-state index in [2.05, 4.69) is 31.2 Å². The van der Waals surface area contributed by atoms with Crippen LogP contribution in [0.2, 0.25) is 5.02 Å². The molecular weight excluding hydrogens is 548 g/mol. The predicted molar refractivity (Wildman–Crippen MR) is 138 cm³/mol. The third-order valence-corrected chi connectivity index (χ3v) is 6.66. The molecule has 0 bridgehead atoms. The number of aromatic nitrogens is 2. The topological polar surface area (TPSA) is 108 Å². The van der Waals surface area contributed by atoms with Gasteiger partial charge >= 0.3 is 12.2 Å². The second-order valence-electron chi connectivity index (χ2n) is 8.39. The van der Waals surface area contributed by atoms with E-state index in [9.17, 15) is 27.2 Å². The van der Waals surface area contributed by atoms with Crippen molar-refractivity contribution >= 4 is 73.2 Å². The Kier molecular flexibility index (Phi) is 6.80. The smallest absolute Gasteiger partial charge is 0.340 e. The number of carbonyl (C=O) groups is 2. The summed E-state index contributed by atoms with van der Waals surface area (Å²) in [6.07, 6.45) is -2.96. The van der Waals surface area contributed by atoms with Crippen molar-refractivity contribution in [3.63, 3.8) is 0 Å². The number of alkyl halides is 3. The van der Waals surface area contributed by atoms with Gasteiger partial charge in [-0.2, -0.15) is 13.2 Å². The first-order chi connectivity index (χ1) is 18.0. The van der Waals surface area contributed by atoms with Gasteiger partial charge in [0.05, 0.1) is 16.3 Å². The maximum atomic E-state index is 14.4. The van der Waals surface area contributed by atoms with Crippen LogP contribution in [-0.4, -0.2) is 21.9 Å². The van der Waals surface area contributed by atoms with Gasteiger partial charge in [0, 0.05) is 17.3 Å². The first kappa shape index (κ1) is 25.7. The summed E-state index contributed by atoms with van der Waals surface area (Å²) in [4.78, 5) is 33.7. The summed E-state index contributed by atoms with van der Waals surface area (Å²) in [5.41, 5.74) is -0.533. The highest BCUT2D eigenvalue weighted by Gasteiger charge is 2.33. The van der Waals surface area contributed by atoms with Gasteiger partial charge in [-0.15, -0.1) is 0 Å². The molecule has 0 aliphatic heterocycles. The Morgan fingerprint density at radius 2 is 1.71 bits per heavy atom. The fourth-order valence-corrected chi connectivity index (χ4v) is 4.51. The average Bonchev–Trinajstić information content (AvgIpc) is 3.62. The fourth-order valence-electron chi connectivity index (χ4n) is 3.44. The normalized spacial score (nSPS) is 13.3. The highest BCUT2D eigenvalue weighted by molar-refractivity contribution is 7.22. The summed E-state index contributed by atoms with van der Waals surface area (Å²) in [6.45, 7) is 0. The SMILES string of the molecule is O=C(Nc1ccc(Cl)c(C(F)(F)F)c1)Nc1cc(Nc2ccc3nc(NC(=O)C4CC4)sc3n2)ccc1F. The number of hydrogen-bond acceptors (Lipinski definition) is 6. The Hall–Kier alpha value is -3.97. The first-order valence-corrected chi connectivity index (χ1v) is 12.3. The Labute approximate surface area is 221 Å². The number of nitrogens with zero attached hydrogens (tertiary/aromatic N) is 2. The Bertz CT molecular complexity index is 1560. The molecule has 0 atom stereocenters. The zero-order valence-electron chi connectivity index (χ0n) is 19.1. The molecule has 8 nitrogen and oxygen atoms in total. The van der Waals surface area contributed by atoms with Crippen LogP contribution in [0, 0.1) is 11.7 Å². The number of benzene rings is 2. The zero-order valence-corrected chi connectivity index (χ0v) is 20.7. The van der Waals surface area contributed by atoms with Crippen LogP contribution in [0.25, 0.3) is 10.3 Å². The van der Waals surface area contributed by atoms with Crippen molar-refractivity contribution in [3.05, 3.63) is 64.9 Å². The van der Waals surface area contributed by atoms with Gasteiger partial charge < -0.3 is 21.3 Å². The summed E-state index contributed by atoms with van der Waals surface area (Å²) in [5.74, 6) is -0.377. The van der Waals surface area contributed by atoms with Crippen molar-refractivity contribution < 1.29 is 27.2 Å². The van der Waals surface area contributed by atoms with Crippen molar-refractivity contribution in [3.8, 4) is 0 Å². The van der Waals surface area contributed by atoms with E-state index in [1.165, 1.54) is 29.5 Å². The lowest BCUT2D eigenvalue weighted by atomic mass is 10.2. The molecule has 1 aliphatic rings. The summed E-state index contributed by atoms with van der Waals surface area (Å²) in [6, 6.07) is 9.12. The van der Waals surface area contributed by atoms with Gasteiger partial charge in [-0.05, 0) is 61.4 Å². The molecular formula is C24H17ClF4N6O2S. The quantitative estimate of drug-likeness (QED) is 0.185. The fraction of sp³-hybridized carbons (Fsp3) is 0.167. The molecule has 14 heteroatoms. The highest BCUT2D eigenvalue weighted by Crippen LogP contribution is 2.36. The summed E-state index contributed by atoms with van der Waals surface area (Å²) >= 11 is 6.80. The number of thiazole rings is 1. The molecule has 1 saturated carbocycles. The van der Waals surface area contributed by atoms with Crippen LogP contribution >= 0.6 is 22.9 Å². The second kappa shape index (κ2) is 10.1. The van der Waals surface area contributed by atoms with Crippen molar-refractivity contribution in [2.24, 2.45) is 5.92 Å². The van der Waals surface area contributed by atoms with E-state index >= 15 is 0 Å². The number of amides is 3. The third kappa shape index (κ3) is 5.94. The Morgan fingerprint density at radius 1 is 0.947 bits per heavy atom. The molecule has 2 aromatic heterocycles. The maximum Gasteiger partial charge on any atom is 0.417 e. The molecule has 196 valence electrons. The first-order valence-electron chi connectivity index (χ1n) is 11.1. The van der Waals surface area contributed by atoms with Gasteiger partial charge in [0.15, 0.2) is 5.13 Å². The minimum absolute atomic E-state index is 0.0408. The van der Waals surface area contributed by atoms with Gasteiger partial charge in [0.2, 0.25) is 5.91 Å². The van der Waals surface area contributed by atoms with E-state index in [-0.39, 0.29) is 23.2 Å². The number of urea groups is 1. The van der Waals surface area contributed by atoms with Crippen molar-refractivity contribution in [2.45, 2.75) is 19.0 Å². The molecule has 4 aromatic rings. The molecule has 1 aliphatic carbocycles. The second-order valence-corrected chi connectivity index (χ2v) is 9.78. The van der Waals surface area contributed by atoms with E-state index in [1.807, 2.05) is 0 Å². The standard InChI is InChI=1S/C24H17ClF4N6O2S/c25-15-5-3-12(9-14(15)24(27,28)29)31-22(37)32-18-10-13(4-6-16(18)26)30-19-8-7-17-21(34-19)38-23(33-17)35-20(36)11-1-2-11/h3-11H,1-2H2,(H,30,34)(H2,31,32,37)(H,33,35,36). The number of pyridine rings is 1. The average molecular weight is 565 g/mol. The Morgan fingerprint density at radius 3 is 2.45 bits per heavy atom. The third-order valence-electron chi connectivity index (χ3n) is 5.45. The molecule has 0 saturated heterocycles. The highest BCUT2D eigenvalue weighted by atomic mass is 35.5. The van der Waals surface area contributed by atoms with Crippen molar-refractivity contribution in [1.29, 1.82) is 0 Å². The molecule has 1 fully saturated rings. The van der Waals surface area contributed by atoms with E-state index < -0.39 is 28.6 Å². The minimum Gasteiger partial charge on any atom is -0.340 e. The molecule has 2 aromatic carbocycles. The molecule has 2 heterocycles. The zero-order chi connectivity index (χ0) is 27.0.